The van der Waals surface area contributed by atoms with Gasteiger partial charge in [-0.2, -0.15) is 0 Å². The van der Waals surface area contributed by atoms with Crippen LogP contribution in [-0.2, 0) is 5.11 Å². The zero-order valence-corrected chi connectivity index (χ0v) is 3.09. The van der Waals surface area contributed by atoms with Crippen molar-refractivity contribution in [3.63, 3.8) is 0 Å². The quantitative estimate of drug-likeness (QED) is 0.345. The van der Waals surface area contributed by atoms with Gasteiger partial charge >= 0.3 is 0 Å². The van der Waals surface area contributed by atoms with Crippen molar-refractivity contribution in [3.8, 4) is 0 Å². The Balaban J connectivity index is 2.83. The van der Waals surface area contributed by atoms with Crippen molar-refractivity contribution < 1.29 is 10.0 Å². The third-order valence-electron chi connectivity index (χ3n) is 0.274. The first kappa shape index (κ1) is 5.36. The van der Waals surface area contributed by atoms with Crippen LogP contribution in [0.5, 0.6) is 0 Å². The summed E-state index contributed by atoms with van der Waals surface area (Å²) in [5.41, 5.74) is 0. The summed E-state index contributed by atoms with van der Waals surface area (Å²) < 4.78 is 0. The molecule has 0 atom stereocenters. The van der Waals surface area contributed by atoms with E-state index in [2.05, 4.69) is 0 Å². The molecule has 0 aliphatic heterocycles. The highest BCUT2D eigenvalue weighted by Crippen LogP contribution is 1.61. The summed E-state index contributed by atoms with van der Waals surface area (Å²) in [6, 6.07) is 0. The highest BCUT2D eigenvalue weighted by molar-refractivity contribution is 4.16. The molecule has 0 aliphatic rings. The SMILES string of the molecule is [O]CC[N+](=O)[O-]. The van der Waals surface area contributed by atoms with Crippen LogP contribution in [0.2, 0.25) is 0 Å². The fraction of sp³-hybridized carbons (Fsp3) is 1.00. The van der Waals surface area contributed by atoms with E-state index in [1.54, 1.807) is 0 Å². The van der Waals surface area contributed by atoms with Gasteiger partial charge in [0.15, 0.2) is 0 Å². The second kappa shape index (κ2) is 2.59. The molecule has 0 saturated carbocycles. The molecule has 4 nitrogen and oxygen atoms in total. The number of nitrogens with zero attached hydrogens (tertiary/aromatic N) is 1. The Morgan fingerprint density at radius 2 is 2.17 bits per heavy atom. The Kier molecular flexibility index (Phi) is 2.31. The Morgan fingerprint density at radius 3 is 2.17 bits per heavy atom. The van der Waals surface area contributed by atoms with Crippen LogP contribution in [0.4, 0.5) is 0 Å². The standard InChI is InChI=1S/C2H4NO3/c4-2-1-3(5)6/h1-2H2. The molecule has 0 saturated heterocycles. The van der Waals surface area contributed by atoms with E-state index in [9.17, 15) is 15.2 Å². The van der Waals surface area contributed by atoms with Gasteiger partial charge in [-0.15, -0.1) is 0 Å². The van der Waals surface area contributed by atoms with E-state index in [1.165, 1.54) is 0 Å². The van der Waals surface area contributed by atoms with Crippen molar-refractivity contribution in [2.24, 2.45) is 0 Å². The first-order valence-electron chi connectivity index (χ1n) is 1.47. The lowest BCUT2D eigenvalue weighted by Crippen LogP contribution is -2.02. The van der Waals surface area contributed by atoms with Gasteiger partial charge in [0.25, 0.3) is 0 Å². The van der Waals surface area contributed by atoms with Crippen molar-refractivity contribution in [1.29, 1.82) is 0 Å². The normalized spacial score (nSPS) is 8.17. The predicted molar refractivity (Wildman–Crippen MR) is 17.4 cm³/mol. The molecule has 0 amide bonds. The smallest absolute Gasteiger partial charge is 0.230 e. The molecule has 0 fully saturated rings. The van der Waals surface area contributed by atoms with Crippen molar-refractivity contribution in [2.45, 2.75) is 0 Å². The van der Waals surface area contributed by atoms with Gasteiger partial charge < -0.3 is 0 Å². The van der Waals surface area contributed by atoms with Crippen LogP contribution in [0.3, 0.4) is 0 Å². The Labute approximate surface area is 34.6 Å². The van der Waals surface area contributed by atoms with Gasteiger partial charge in [-0.25, -0.2) is 5.11 Å². The van der Waals surface area contributed by atoms with E-state index in [1.807, 2.05) is 0 Å². The highest BCUT2D eigenvalue weighted by Gasteiger charge is 1.88. The van der Waals surface area contributed by atoms with Gasteiger partial charge in [0.05, 0.1) is 0 Å². The van der Waals surface area contributed by atoms with Crippen LogP contribution in [0.1, 0.15) is 0 Å². The zero-order chi connectivity index (χ0) is 4.99. The minimum absolute atomic E-state index is 0.458. The molecule has 0 aliphatic carbocycles. The first-order chi connectivity index (χ1) is 2.77. The predicted octanol–water partition coefficient (Wildman–Crippen LogP) is -0.306. The Morgan fingerprint density at radius 1 is 1.67 bits per heavy atom. The molecule has 0 aromatic carbocycles. The molecule has 35 valence electrons. The van der Waals surface area contributed by atoms with Crippen LogP contribution in [0, 0.1) is 10.1 Å². The molecule has 0 heterocycles. The maximum absolute atomic E-state index is 9.30. The maximum Gasteiger partial charge on any atom is 0.230 e. The number of rotatable bonds is 2. The van der Waals surface area contributed by atoms with Crippen molar-refractivity contribution in [3.05, 3.63) is 10.1 Å². The highest BCUT2D eigenvalue weighted by atomic mass is 16.6. The van der Waals surface area contributed by atoms with Crippen LogP contribution in [-0.4, -0.2) is 18.1 Å². The molecule has 4 heteroatoms. The van der Waals surface area contributed by atoms with Crippen molar-refractivity contribution in [2.75, 3.05) is 13.2 Å². The first-order valence-corrected chi connectivity index (χ1v) is 1.47. The van der Waals surface area contributed by atoms with E-state index in [4.69, 9.17) is 0 Å². The monoisotopic (exact) mass is 90.0 g/mol. The van der Waals surface area contributed by atoms with Gasteiger partial charge in [0, 0.05) is 4.92 Å². The third kappa shape index (κ3) is 3.36. The van der Waals surface area contributed by atoms with Gasteiger partial charge in [-0.1, -0.05) is 0 Å². The molecule has 0 N–H and O–H groups in total. The van der Waals surface area contributed by atoms with Gasteiger partial charge in [-0.3, -0.25) is 10.1 Å². The van der Waals surface area contributed by atoms with Crippen LogP contribution >= 0.6 is 0 Å². The number of hydrogen-bond donors (Lipinski definition) is 0. The van der Waals surface area contributed by atoms with E-state index in [0.29, 0.717) is 0 Å². The molecule has 0 unspecified atom stereocenters. The van der Waals surface area contributed by atoms with Crippen LogP contribution in [0.15, 0.2) is 0 Å². The van der Waals surface area contributed by atoms with Gasteiger partial charge in [0.1, 0.15) is 6.61 Å². The summed E-state index contributed by atoms with van der Waals surface area (Å²) in [5.74, 6) is 0. The summed E-state index contributed by atoms with van der Waals surface area (Å²) in [7, 11) is 0. The summed E-state index contributed by atoms with van der Waals surface area (Å²) in [6.45, 7) is -1.08. The summed E-state index contributed by atoms with van der Waals surface area (Å²) in [4.78, 5) is 8.57. The molecule has 0 aromatic heterocycles. The van der Waals surface area contributed by atoms with E-state index in [0.717, 1.165) is 0 Å². The van der Waals surface area contributed by atoms with E-state index < -0.39 is 18.1 Å². The lowest BCUT2D eigenvalue weighted by atomic mass is 10.7. The molecule has 6 heavy (non-hydrogen) atoms. The summed E-state index contributed by atoms with van der Waals surface area (Å²) in [5, 5.41) is 18.5. The average molecular weight is 90.1 g/mol. The molecular weight excluding hydrogens is 86.0 g/mol. The Hall–Kier alpha value is -0.640. The fourth-order valence-corrected chi connectivity index (χ4v) is 0.0745. The number of hydrogen-bond acceptors (Lipinski definition) is 2. The van der Waals surface area contributed by atoms with Crippen LogP contribution in [0.25, 0.3) is 0 Å². The topological polar surface area (TPSA) is 63.0 Å². The maximum atomic E-state index is 9.30. The molecular formula is C2H4NO3. The summed E-state index contributed by atoms with van der Waals surface area (Å²) in [6.07, 6.45) is 0. The molecule has 0 bridgehead atoms. The Bertz CT molecular complexity index is 52.8. The largest absolute Gasteiger partial charge is 0.264 e. The zero-order valence-electron chi connectivity index (χ0n) is 3.09. The van der Waals surface area contributed by atoms with Crippen molar-refractivity contribution in [1.82, 2.24) is 0 Å². The molecule has 0 spiro atoms. The fourth-order valence-electron chi connectivity index (χ4n) is 0.0745. The molecule has 1 radical (unpaired) electrons. The van der Waals surface area contributed by atoms with Crippen molar-refractivity contribution >= 4 is 0 Å². The third-order valence-corrected chi connectivity index (χ3v) is 0.274. The lowest BCUT2D eigenvalue weighted by Gasteiger charge is -1.78. The minimum atomic E-state index is -0.632. The second-order valence-corrected chi connectivity index (χ2v) is 0.760. The average Bonchev–Trinajstić information content (AvgIpc) is 1.35. The van der Waals surface area contributed by atoms with Crippen LogP contribution < -0.4 is 0 Å². The van der Waals surface area contributed by atoms with Gasteiger partial charge in [-0.05, 0) is 0 Å². The molecule has 0 aromatic rings. The molecule has 0 rings (SSSR count). The summed E-state index contributed by atoms with van der Waals surface area (Å²) >= 11 is 0. The second-order valence-electron chi connectivity index (χ2n) is 0.760. The minimum Gasteiger partial charge on any atom is -0.264 e. The number of nitro groups is 1. The lowest BCUT2D eigenvalue weighted by molar-refractivity contribution is -0.484. The van der Waals surface area contributed by atoms with Gasteiger partial charge in [0.2, 0.25) is 6.54 Å². The van der Waals surface area contributed by atoms with E-state index >= 15 is 0 Å². The van der Waals surface area contributed by atoms with E-state index in [-0.39, 0.29) is 0 Å².